The maximum atomic E-state index is 9.67. The summed E-state index contributed by atoms with van der Waals surface area (Å²) in [4.78, 5) is 4.04. The Kier molecular flexibility index (Phi) is 4.32. The fourth-order valence-corrected chi connectivity index (χ4v) is 2.28. The van der Waals surface area contributed by atoms with Gasteiger partial charge in [0.25, 0.3) is 5.89 Å². The Morgan fingerprint density at radius 1 is 1.27 bits per heavy atom. The van der Waals surface area contributed by atoms with Crippen LogP contribution in [0.2, 0.25) is 5.15 Å². The van der Waals surface area contributed by atoms with Crippen molar-refractivity contribution in [2.24, 2.45) is 0 Å². The largest absolute Gasteiger partial charge is 0.423 e. The molecule has 3 aromatic rings. The number of nitrogens with one attached hydrogen (secondary N) is 1. The second kappa shape index (κ2) is 6.55. The molecule has 0 radical (unpaired) electrons. The fraction of sp³-hybridized carbons (Fsp3) is 0.133. The van der Waals surface area contributed by atoms with Crippen LogP contribution < -0.4 is 5.32 Å². The highest BCUT2D eigenvalue weighted by Gasteiger charge is 2.16. The predicted molar refractivity (Wildman–Crippen MR) is 82.4 cm³/mol. The van der Waals surface area contributed by atoms with Gasteiger partial charge in [-0.2, -0.15) is 0 Å². The van der Waals surface area contributed by atoms with Crippen LogP contribution in [0.15, 0.2) is 53.4 Å². The number of pyridine rings is 1. The zero-order valence-corrected chi connectivity index (χ0v) is 12.2. The number of aliphatic hydroxyl groups is 1. The molecule has 0 aliphatic heterocycles. The topological polar surface area (TPSA) is 84.1 Å². The molecule has 0 bridgehead atoms. The minimum absolute atomic E-state index is 0.0762. The highest BCUT2D eigenvalue weighted by atomic mass is 35.5. The number of rotatable bonds is 5. The predicted octanol–water partition coefficient (Wildman–Crippen LogP) is 2.93. The molecule has 0 saturated heterocycles. The van der Waals surface area contributed by atoms with Crippen LogP contribution in [0.5, 0.6) is 0 Å². The molecule has 2 aromatic heterocycles. The monoisotopic (exact) mass is 316 g/mol. The number of hydrogen-bond donors (Lipinski definition) is 2. The van der Waals surface area contributed by atoms with Gasteiger partial charge < -0.3 is 14.8 Å². The number of hydrogen-bond acceptors (Lipinski definition) is 6. The summed E-state index contributed by atoms with van der Waals surface area (Å²) in [5.74, 6) is 0.330. The third-order valence-electron chi connectivity index (χ3n) is 3.18. The molecular weight excluding hydrogens is 304 g/mol. The summed E-state index contributed by atoms with van der Waals surface area (Å²) >= 11 is 5.97. The van der Waals surface area contributed by atoms with Crippen molar-refractivity contribution in [2.45, 2.75) is 6.04 Å². The zero-order chi connectivity index (χ0) is 15.4. The van der Waals surface area contributed by atoms with E-state index in [-0.39, 0.29) is 12.6 Å². The van der Waals surface area contributed by atoms with Crippen LogP contribution in [0.1, 0.15) is 11.6 Å². The second-order valence-electron chi connectivity index (χ2n) is 4.59. The zero-order valence-electron chi connectivity index (χ0n) is 11.5. The van der Waals surface area contributed by atoms with E-state index < -0.39 is 0 Å². The van der Waals surface area contributed by atoms with Gasteiger partial charge in [-0.15, -0.1) is 10.2 Å². The second-order valence-corrected chi connectivity index (χ2v) is 4.97. The van der Waals surface area contributed by atoms with Crippen molar-refractivity contribution in [1.82, 2.24) is 15.2 Å². The van der Waals surface area contributed by atoms with Crippen molar-refractivity contribution in [3.05, 3.63) is 59.7 Å². The lowest BCUT2D eigenvalue weighted by Crippen LogP contribution is -2.15. The Bertz CT molecular complexity index is 735. The van der Waals surface area contributed by atoms with Gasteiger partial charge >= 0.3 is 0 Å². The van der Waals surface area contributed by atoms with Crippen molar-refractivity contribution < 1.29 is 9.52 Å². The van der Waals surface area contributed by atoms with Gasteiger partial charge in [-0.1, -0.05) is 41.9 Å². The molecule has 112 valence electrons. The van der Waals surface area contributed by atoms with E-state index >= 15 is 0 Å². The van der Waals surface area contributed by atoms with Crippen molar-refractivity contribution in [3.63, 3.8) is 0 Å². The van der Waals surface area contributed by atoms with E-state index in [1.165, 1.54) is 6.39 Å². The standard InChI is InChI=1S/C15H13ClN4O2/c16-14-6-12(11(7-17-14)15-20-18-9-22-15)19-13(8-21)10-4-2-1-3-5-10/h1-7,9,13,21H,8H2,(H,17,19)/t13-/m1/s1. The molecule has 0 fully saturated rings. The van der Waals surface area contributed by atoms with Crippen molar-refractivity contribution in [2.75, 3.05) is 11.9 Å². The van der Waals surface area contributed by atoms with E-state index in [0.29, 0.717) is 22.3 Å². The number of anilines is 1. The number of aliphatic hydroxyl groups excluding tert-OH is 1. The molecular formula is C15H13ClN4O2. The van der Waals surface area contributed by atoms with Gasteiger partial charge in [-0.05, 0) is 11.6 Å². The highest BCUT2D eigenvalue weighted by molar-refractivity contribution is 6.29. The number of nitrogens with zero attached hydrogens (tertiary/aromatic N) is 3. The van der Waals surface area contributed by atoms with Gasteiger partial charge in [0, 0.05) is 6.20 Å². The first-order chi connectivity index (χ1) is 10.8. The van der Waals surface area contributed by atoms with E-state index in [2.05, 4.69) is 20.5 Å². The summed E-state index contributed by atoms with van der Waals surface area (Å²) in [5.41, 5.74) is 2.23. The molecule has 0 amide bonds. The molecule has 2 heterocycles. The first-order valence-electron chi connectivity index (χ1n) is 6.62. The SMILES string of the molecule is OC[C@@H](Nc1cc(Cl)ncc1-c1nnco1)c1ccccc1. The lowest BCUT2D eigenvalue weighted by atomic mass is 10.1. The van der Waals surface area contributed by atoms with E-state index in [1.807, 2.05) is 30.3 Å². The molecule has 7 heteroatoms. The number of aromatic nitrogens is 3. The van der Waals surface area contributed by atoms with Gasteiger partial charge in [-0.3, -0.25) is 0 Å². The third-order valence-corrected chi connectivity index (χ3v) is 3.38. The summed E-state index contributed by atoms with van der Waals surface area (Å²) in [6, 6.07) is 11.0. The molecule has 0 unspecified atom stereocenters. The molecule has 0 saturated carbocycles. The first kappa shape index (κ1) is 14.5. The Morgan fingerprint density at radius 3 is 2.77 bits per heavy atom. The molecule has 2 N–H and O–H groups in total. The average molecular weight is 317 g/mol. The van der Waals surface area contributed by atoms with Crippen LogP contribution in [0.25, 0.3) is 11.5 Å². The van der Waals surface area contributed by atoms with Gasteiger partial charge in [0.2, 0.25) is 6.39 Å². The lowest BCUT2D eigenvalue weighted by molar-refractivity contribution is 0.276. The van der Waals surface area contributed by atoms with Crippen LogP contribution in [0, 0.1) is 0 Å². The normalized spacial score (nSPS) is 12.1. The Balaban J connectivity index is 1.95. The van der Waals surface area contributed by atoms with Crippen LogP contribution in [0.4, 0.5) is 5.69 Å². The molecule has 3 rings (SSSR count). The molecule has 0 spiro atoms. The maximum absolute atomic E-state index is 9.67. The van der Waals surface area contributed by atoms with E-state index in [9.17, 15) is 5.11 Å². The van der Waals surface area contributed by atoms with Gasteiger partial charge in [-0.25, -0.2) is 4.98 Å². The Hall–Kier alpha value is -2.44. The van der Waals surface area contributed by atoms with Crippen LogP contribution in [-0.2, 0) is 0 Å². The van der Waals surface area contributed by atoms with Gasteiger partial charge in [0.1, 0.15) is 5.15 Å². The third kappa shape index (κ3) is 3.08. The highest BCUT2D eigenvalue weighted by Crippen LogP contribution is 2.30. The van der Waals surface area contributed by atoms with Crippen LogP contribution >= 0.6 is 11.6 Å². The summed E-state index contributed by atoms with van der Waals surface area (Å²) < 4.78 is 5.21. The van der Waals surface area contributed by atoms with Crippen LogP contribution in [-0.4, -0.2) is 26.9 Å². The number of halogens is 1. The molecule has 0 aliphatic carbocycles. The molecule has 1 atom stereocenters. The summed E-state index contributed by atoms with van der Waals surface area (Å²) in [6.07, 6.45) is 2.80. The van der Waals surface area contributed by atoms with E-state index in [0.717, 1.165) is 5.56 Å². The lowest BCUT2D eigenvalue weighted by Gasteiger charge is -2.19. The fourth-order valence-electron chi connectivity index (χ4n) is 2.12. The van der Waals surface area contributed by atoms with Crippen molar-refractivity contribution in [1.29, 1.82) is 0 Å². The van der Waals surface area contributed by atoms with Crippen LogP contribution in [0.3, 0.4) is 0 Å². The Morgan fingerprint density at radius 2 is 2.09 bits per heavy atom. The molecule has 22 heavy (non-hydrogen) atoms. The molecule has 6 nitrogen and oxygen atoms in total. The van der Waals surface area contributed by atoms with Crippen molar-refractivity contribution in [3.8, 4) is 11.5 Å². The summed E-state index contributed by atoms with van der Waals surface area (Å²) in [7, 11) is 0. The van der Waals surface area contributed by atoms with Gasteiger partial charge in [0.15, 0.2) is 0 Å². The number of benzene rings is 1. The average Bonchev–Trinajstić information content (AvgIpc) is 3.08. The maximum Gasteiger partial charge on any atom is 0.251 e. The Labute approximate surface area is 131 Å². The van der Waals surface area contributed by atoms with Crippen molar-refractivity contribution >= 4 is 17.3 Å². The minimum Gasteiger partial charge on any atom is -0.423 e. The first-order valence-corrected chi connectivity index (χ1v) is 7.00. The van der Waals surface area contributed by atoms with E-state index in [1.54, 1.807) is 12.3 Å². The van der Waals surface area contributed by atoms with E-state index in [4.69, 9.17) is 16.0 Å². The summed E-state index contributed by atoms with van der Waals surface area (Å²) in [5, 5.41) is 20.8. The minimum atomic E-state index is -0.290. The quantitative estimate of drug-likeness (QED) is 0.704. The molecule has 0 aliphatic rings. The molecule has 1 aromatic carbocycles. The smallest absolute Gasteiger partial charge is 0.251 e. The van der Waals surface area contributed by atoms with Gasteiger partial charge in [0.05, 0.1) is 23.9 Å². The summed E-state index contributed by atoms with van der Waals surface area (Å²) in [6.45, 7) is -0.0762.